The molecule has 0 radical (unpaired) electrons. The van der Waals surface area contributed by atoms with Crippen LogP contribution in [0.3, 0.4) is 0 Å². The summed E-state index contributed by atoms with van der Waals surface area (Å²) in [5.41, 5.74) is -1.29. The van der Waals surface area contributed by atoms with Crippen molar-refractivity contribution in [3.05, 3.63) is 72.3 Å². The molecule has 4 rings (SSSR count). The van der Waals surface area contributed by atoms with Crippen LogP contribution in [0.25, 0.3) is 10.8 Å². The summed E-state index contributed by atoms with van der Waals surface area (Å²) in [5.74, 6) is 0. The topological polar surface area (TPSA) is 24.1 Å². The van der Waals surface area contributed by atoms with Gasteiger partial charge in [-0.15, -0.1) is 0 Å². The van der Waals surface area contributed by atoms with Crippen LogP contribution in [-0.2, 0) is 5.66 Å². The Labute approximate surface area is 130 Å². The summed E-state index contributed by atoms with van der Waals surface area (Å²) in [6, 6.07) is 18.5. The highest BCUT2D eigenvalue weighted by atomic mass is 19.4. The molecule has 0 bridgehead atoms. The number of halogens is 3. The number of anilines is 2. The molecule has 116 valence electrons. The Hall–Kier alpha value is -2.69. The number of hydrogen-bond acceptors (Lipinski definition) is 2. The van der Waals surface area contributed by atoms with E-state index in [4.69, 9.17) is 0 Å². The molecule has 3 aromatic carbocycles. The van der Waals surface area contributed by atoms with E-state index in [1.54, 1.807) is 42.5 Å². The number of benzene rings is 3. The zero-order chi connectivity index (χ0) is 16.1. The van der Waals surface area contributed by atoms with Gasteiger partial charge in [0, 0.05) is 22.3 Å². The van der Waals surface area contributed by atoms with Crippen LogP contribution in [-0.4, -0.2) is 6.18 Å². The number of nitrogens with one attached hydrogen (secondary N) is 2. The minimum Gasteiger partial charge on any atom is -0.351 e. The summed E-state index contributed by atoms with van der Waals surface area (Å²) < 4.78 is 42.1. The minimum absolute atomic E-state index is 0.124. The summed E-state index contributed by atoms with van der Waals surface area (Å²) in [6.07, 6.45) is -4.52. The van der Waals surface area contributed by atoms with Crippen LogP contribution < -0.4 is 10.6 Å². The maximum Gasteiger partial charge on any atom is 0.434 e. The van der Waals surface area contributed by atoms with Gasteiger partial charge < -0.3 is 10.6 Å². The molecule has 5 heteroatoms. The van der Waals surface area contributed by atoms with Crippen molar-refractivity contribution >= 4 is 22.1 Å². The van der Waals surface area contributed by atoms with Gasteiger partial charge in [-0.3, -0.25) is 0 Å². The van der Waals surface area contributed by atoms with E-state index in [0.717, 1.165) is 10.8 Å². The molecule has 0 amide bonds. The van der Waals surface area contributed by atoms with E-state index in [1.165, 1.54) is 12.1 Å². The van der Waals surface area contributed by atoms with Gasteiger partial charge in [0.15, 0.2) is 0 Å². The van der Waals surface area contributed by atoms with Crippen molar-refractivity contribution in [2.75, 3.05) is 10.6 Å². The van der Waals surface area contributed by atoms with Crippen molar-refractivity contribution in [3.8, 4) is 0 Å². The van der Waals surface area contributed by atoms with Crippen LogP contribution in [0.5, 0.6) is 0 Å². The monoisotopic (exact) mass is 314 g/mol. The third kappa shape index (κ3) is 1.96. The maximum atomic E-state index is 14.0. The van der Waals surface area contributed by atoms with Crippen molar-refractivity contribution in [3.63, 3.8) is 0 Å². The van der Waals surface area contributed by atoms with Crippen molar-refractivity contribution in [2.24, 2.45) is 0 Å². The second-order valence-corrected chi connectivity index (χ2v) is 5.57. The molecule has 0 aliphatic carbocycles. The molecular weight excluding hydrogens is 301 g/mol. The molecule has 0 saturated carbocycles. The summed E-state index contributed by atoms with van der Waals surface area (Å²) in [7, 11) is 0. The van der Waals surface area contributed by atoms with E-state index >= 15 is 0 Å². The predicted molar refractivity (Wildman–Crippen MR) is 85.4 cm³/mol. The highest BCUT2D eigenvalue weighted by Gasteiger charge is 2.58. The first kappa shape index (κ1) is 13.9. The fraction of sp³-hybridized carbons (Fsp3) is 0.111. The van der Waals surface area contributed by atoms with E-state index in [9.17, 15) is 13.2 Å². The lowest BCUT2D eigenvalue weighted by atomic mass is 9.93. The van der Waals surface area contributed by atoms with Crippen molar-refractivity contribution < 1.29 is 13.2 Å². The first-order chi connectivity index (χ1) is 11.0. The van der Waals surface area contributed by atoms with Crippen LogP contribution in [0.2, 0.25) is 0 Å². The fourth-order valence-electron chi connectivity index (χ4n) is 3.12. The molecule has 3 aromatic rings. The van der Waals surface area contributed by atoms with E-state index in [-0.39, 0.29) is 5.56 Å². The first-order valence-corrected chi connectivity index (χ1v) is 7.22. The molecule has 0 fully saturated rings. The number of hydrogen-bond donors (Lipinski definition) is 2. The van der Waals surface area contributed by atoms with Gasteiger partial charge in [0.05, 0.1) is 0 Å². The maximum absolute atomic E-state index is 14.0. The van der Waals surface area contributed by atoms with Crippen molar-refractivity contribution in [1.82, 2.24) is 0 Å². The molecule has 1 aliphatic heterocycles. The first-order valence-electron chi connectivity index (χ1n) is 7.22. The summed E-state index contributed by atoms with van der Waals surface area (Å²) in [4.78, 5) is 0. The molecule has 2 N–H and O–H groups in total. The normalized spacial score (nSPS) is 15.8. The zero-order valence-electron chi connectivity index (χ0n) is 12.0. The Bertz CT molecular complexity index is 832. The lowest BCUT2D eigenvalue weighted by Gasteiger charge is -2.42. The van der Waals surface area contributed by atoms with Gasteiger partial charge in [-0.2, -0.15) is 13.2 Å². The standard InChI is InChI=1S/C18H13F3N2/c19-18(20,21)17(13-8-2-1-3-9-13)22-14-10-4-6-12-7-5-11-15(23-17)16(12)14/h1-11,22-23H. The largest absolute Gasteiger partial charge is 0.434 e. The summed E-state index contributed by atoms with van der Waals surface area (Å²) >= 11 is 0. The third-order valence-corrected chi connectivity index (χ3v) is 4.18. The van der Waals surface area contributed by atoms with E-state index in [1.807, 2.05) is 12.1 Å². The third-order valence-electron chi connectivity index (χ3n) is 4.18. The minimum atomic E-state index is -4.52. The molecule has 2 nitrogen and oxygen atoms in total. The SMILES string of the molecule is FC(F)(F)C1(c2ccccc2)Nc2cccc3cccc(c23)N1. The Kier molecular flexibility index (Phi) is 2.82. The van der Waals surface area contributed by atoms with Crippen LogP contribution >= 0.6 is 0 Å². The number of rotatable bonds is 1. The second kappa shape index (κ2) is 4.65. The van der Waals surface area contributed by atoms with Gasteiger partial charge in [-0.05, 0) is 17.5 Å². The highest BCUT2D eigenvalue weighted by molar-refractivity contribution is 6.05. The average molecular weight is 314 g/mol. The highest BCUT2D eigenvalue weighted by Crippen LogP contribution is 2.48. The lowest BCUT2D eigenvalue weighted by molar-refractivity contribution is -0.174. The summed E-state index contributed by atoms with van der Waals surface area (Å²) in [6.45, 7) is 0. The Morgan fingerprint density at radius 1 is 0.696 bits per heavy atom. The van der Waals surface area contributed by atoms with Gasteiger partial charge >= 0.3 is 6.18 Å². The van der Waals surface area contributed by atoms with E-state index in [0.29, 0.717) is 11.4 Å². The van der Waals surface area contributed by atoms with Gasteiger partial charge in [0.25, 0.3) is 0 Å². The van der Waals surface area contributed by atoms with Crippen molar-refractivity contribution in [2.45, 2.75) is 11.8 Å². The van der Waals surface area contributed by atoms with Crippen LogP contribution in [0.15, 0.2) is 66.7 Å². The van der Waals surface area contributed by atoms with Crippen LogP contribution in [0, 0.1) is 0 Å². The average Bonchev–Trinajstić information content (AvgIpc) is 2.55. The molecule has 1 heterocycles. The smallest absolute Gasteiger partial charge is 0.351 e. The van der Waals surface area contributed by atoms with Gasteiger partial charge in [0.2, 0.25) is 5.66 Å². The molecule has 0 aromatic heterocycles. The van der Waals surface area contributed by atoms with Crippen LogP contribution in [0.1, 0.15) is 5.56 Å². The van der Waals surface area contributed by atoms with Gasteiger partial charge in [-0.25, -0.2) is 0 Å². The Morgan fingerprint density at radius 2 is 1.26 bits per heavy atom. The summed E-state index contributed by atoms with van der Waals surface area (Å²) in [5, 5.41) is 7.05. The number of alkyl halides is 3. The fourth-order valence-corrected chi connectivity index (χ4v) is 3.12. The Morgan fingerprint density at radius 3 is 1.78 bits per heavy atom. The Balaban J connectivity index is 1.98. The molecule has 0 unspecified atom stereocenters. The van der Waals surface area contributed by atoms with E-state index < -0.39 is 11.8 Å². The second-order valence-electron chi connectivity index (χ2n) is 5.57. The van der Waals surface area contributed by atoms with Crippen LogP contribution in [0.4, 0.5) is 24.5 Å². The molecule has 0 saturated heterocycles. The zero-order valence-corrected chi connectivity index (χ0v) is 12.0. The van der Waals surface area contributed by atoms with Crippen molar-refractivity contribution in [1.29, 1.82) is 0 Å². The van der Waals surface area contributed by atoms with E-state index in [2.05, 4.69) is 10.6 Å². The molecular formula is C18H13F3N2. The molecule has 1 aliphatic rings. The lowest BCUT2D eigenvalue weighted by Crippen LogP contribution is -2.56. The molecule has 0 spiro atoms. The molecule has 0 atom stereocenters. The van der Waals surface area contributed by atoms with Gasteiger partial charge in [-0.1, -0.05) is 54.6 Å². The quantitative estimate of drug-likeness (QED) is 0.653. The predicted octanol–water partition coefficient (Wildman–Crippen LogP) is 5.09. The molecule has 23 heavy (non-hydrogen) atoms. The van der Waals surface area contributed by atoms with Gasteiger partial charge in [0.1, 0.15) is 0 Å².